The maximum atomic E-state index is 5.36. The zero-order valence-corrected chi connectivity index (χ0v) is 17.3. The summed E-state index contributed by atoms with van der Waals surface area (Å²) >= 11 is 5.36. The summed E-state index contributed by atoms with van der Waals surface area (Å²) in [4.78, 5) is 11.5. The summed E-state index contributed by atoms with van der Waals surface area (Å²) in [5.41, 5.74) is 0.974. The summed E-state index contributed by atoms with van der Waals surface area (Å²) in [5, 5.41) is 12.1. The molecule has 0 bridgehead atoms. The molecule has 1 fully saturated rings. The van der Waals surface area contributed by atoms with Crippen molar-refractivity contribution in [2.24, 2.45) is 0 Å². The first kappa shape index (κ1) is 19.6. The van der Waals surface area contributed by atoms with Gasteiger partial charge in [0.05, 0.1) is 5.52 Å². The molecule has 1 aliphatic rings. The van der Waals surface area contributed by atoms with Gasteiger partial charge in [0.2, 0.25) is 5.95 Å². The van der Waals surface area contributed by atoms with Crippen LogP contribution in [0, 0.1) is 0 Å². The number of benzene rings is 1. The molecular formula is C20H30N6S. The minimum Gasteiger partial charge on any atom is -0.363 e. The molecule has 0 spiro atoms. The van der Waals surface area contributed by atoms with Crippen molar-refractivity contribution in [3.63, 3.8) is 0 Å². The van der Waals surface area contributed by atoms with Crippen LogP contribution in [0.15, 0.2) is 24.3 Å². The third-order valence-electron chi connectivity index (χ3n) is 4.94. The molecular weight excluding hydrogens is 356 g/mol. The van der Waals surface area contributed by atoms with Crippen LogP contribution in [0.5, 0.6) is 0 Å². The fourth-order valence-electron chi connectivity index (χ4n) is 3.50. The first-order chi connectivity index (χ1) is 13.1. The van der Waals surface area contributed by atoms with E-state index < -0.39 is 0 Å². The number of anilines is 2. The van der Waals surface area contributed by atoms with E-state index in [1.54, 1.807) is 0 Å². The molecule has 1 heterocycles. The lowest BCUT2D eigenvalue weighted by Crippen LogP contribution is -2.45. The van der Waals surface area contributed by atoms with E-state index in [1.807, 2.05) is 37.2 Å². The molecule has 1 aromatic carbocycles. The highest BCUT2D eigenvalue weighted by atomic mass is 32.1. The van der Waals surface area contributed by atoms with Gasteiger partial charge in [-0.2, -0.15) is 4.98 Å². The first-order valence-electron chi connectivity index (χ1n) is 9.81. The Morgan fingerprint density at radius 3 is 2.52 bits per heavy atom. The molecule has 0 unspecified atom stereocenters. The van der Waals surface area contributed by atoms with E-state index in [2.05, 4.69) is 28.9 Å². The van der Waals surface area contributed by atoms with Crippen LogP contribution in [-0.2, 0) is 0 Å². The molecule has 0 amide bonds. The van der Waals surface area contributed by atoms with Crippen molar-refractivity contribution in [1.29, 1.82) is 0 Å². The second kappa shape index (κ2) is 9.17. The zero-order chi connectivity index (χ0) is 19.2. The Kier molecular flexibility index (Phi) is 6.66. The van der Waals surface area contributed by atoms with Crippen molar-refractivity contribution in [3.8, 4) is 0 Å². The van der Waals surface area contributed by atoms with Crippen LogP contribution < -0.4 is 20.9 Å². The Balaban J connectivity index is 1.60. The molecule has 7 heteroatoms. The van der Waals surface area contributed by atoms with Gasteiger partial charge in [0.1, 0.15) is 5.82 Å². The van der Waals surface area contributed by atoms with Crippen LogP contribution in [0.25, 0.3) is 10.9 Å². The van der Waals surface area contributed by atoms with E-state index in [0.717, 1.165) is 60.5 Å². The summed E-state index contributed by atoms with van der Waals surface area (Å²) in [6.45, 7) is 3.07. The van der Waals surface area contributed by atoms with Crippen LogP contribution in [0.3, 0.4) is 0 Å². The molecule has 2 aromatic rings. The number of rotatable bonds is 6. The summed E-state index contributed by atoms with van der Waals surface area (Å²) in [7, 11) is 4.04. The fraction of sp³-hybridized carbons (Fsp3) is 0.550. The summed E-state index contributed by atoms with van der Waals surface area (Å²) in [6, 6.07) is 9.01. The molecule has 0 saturated heterocycles. The van der Waals surface area contributed by atoms with Gasteiger partial charge in [-0.1, -0.05) is 19.1 Å². The molecule has 3 N–H and O–H groups in total. The molecule has 1 aliphatic carbocycles. The number of nitrogens with one attached hydrogen (secondary N) is 3. The van der Waals surface area contributed by atoms with E-state index in [9.17, 15) is 0 Å². The molecule has 3 rings (SSSR count). The monoisotopic (exact) mass is 386 g/mol. The van der Waals surface area contributed by atoms with E-state index >= 15 is 0 Å². The maximum Gasteiger partial charge on any atom is 0.225 e. The number of hydrogen-bond donors (Lipinski definition) is 3. The highest BCUT2D eigenvalue weighted by Crippen LogP contribution is 2.26. The number of hydrogen-bond acceptors (Lipinski definition) is 5. The molecule has 1 aromatic heterocycles. The summed E-state index contributed by atoms with van der Waals surface area (Å²) in [6.07, 6.45) is 5.45. The largest absolute Gasteiger partial charge is 0.363 e. The number of nitrogens with zero attached hydrogens (tertiary/aromatic N) is 3. The van der Waals surface area contributed by atoms with E-state index in [-0.39, 0.29) is 0 Å². The summed E-state index contributed by atoms with van der Waals surface area (Å²) < 4.78 is 0. The van der Waals surface area contributed by atoms with Gasteiger partial charge in [-0.05, 0) is 56.5 Å². The number of fused-ring (bicyclic) bond motifs is 1. The van der Waals surface area contributed by atoms with Crippen molar-refractivity contribution in [3.05, 3.63) is 24.3 Å². The minimum absolute atomic E-state index is 0.399. The van der Waals surface area contributed by atoms with Gasteiger partial charge in [-0.3, -0.25) is 0 Å². The molecule has 0 aliphatic heterocycles. The van der Waals surface area contributed by atoms with E-state index in [0.29, 0.717) is 18.0 Å². The molecule has 1 saturated carbocycles. The molecule has 6 nitrogen and oxygen atoms in total. The lowest BCUT2D eigenvalue weighted by atomic mass is 9.91. The molecule has 0 radical (unpaired) electrons. The molecule has 27 heavy (non-hydrogen) atoms. The predicted molar refractivity (Wildman–Crippen MR) is 118 cm³/mol. The highest BCUT2D eigenvalue weighted by Gasteiger charge is 2.22. The molecule has 0 atom stereocenters. The Morgan fingerprint density at radius 2 is 1.81 bits per heavy atom. The maximum absolute atomic E-state index is 5.36. The van der Waals surface area contributed by atoms with Crippen LogP contribution >= 0.6 is 12.2 Å². The third-order valence-corrected chi connectivity index (χ3v) is 5.20. The Labute approximate surface area is 167 Å². The van der Waals surface area contributed by atoms with Crippen molar-refractivity contribution in [1.82, 2.24) is 20.6 Å². The smallest absolute Gasteiger partial charge is 0.225 e. The van der Waals surface area contributed by atoms with Crippen molar-refractivity contribution in [2.75, 3.05) is 30.9 Å². The van der Waals surface area contributed by atoms with Crippen molar-refractivity contribution in [2.45, 2.75) is 51.1 Å². The minimum atomic E-state index is 0.399. The van der Waals surface area contributed by atoms with Gasteiger partial charge in [0.25, 0.3) is 0 Å². The first-order valence-corrected chi connectivity index (χ1v) is 10.2. The SMILES string of the molecule is CCCNC(=S)NC1CCC(Nc2nc(N(C)C)c3ccccc3n2)CC1. The predicted octanol–water partition coefficient (Wildman–Crippen LogP) is 3.29. The van der Waals surface area contributed by atoms with Crippen LogP contribution in [-0.4, -0.2) is 47.8 Å². The Bertz CT molecular complexity index is 770. The number of aromatic nitrogens is 2. The van der Waals surface area contributed by atoms with Crippen LogP contribution in [0.4, 0.5) is 11.8 Å². The fourth-order valence-corrected chi connectivity index (χ4v) is 3.77. The molecule has 146 valence electrons. The van der Waals surface area contributed by atoms with E-state index in [4.69, 9.17) is 22.2 Å². The average molecular weight is 387 g/mol. The average Bonchev–Trinajstić information content (AvgIpc) is 2.67. The highest BCUT2D eigenvalue weighted by molar-refractivity contribution is 7.80. The number of para-hydroxylation sites is 1. The summed E-state index contributed by atoms with van der Waals surface area (Å²) in [5.74, 6) is 1.67. The van der Waals surface area contributed by atoms with E-state index in [1.165, 1.54) is 0 Å². The lowest BCUT2D eigenvalue weighted by Gasteiger charge is -2.30. The standard InChI is InChI=1S/C20H30N6S/c1-4-13-21-20(27)23-15-11-9-14(10-12-15)22-19-24-17-8-6-5-7-16(17)18(25-19)26(2)3/h5-8,14-15H,4,9-13H2,1-3H3,(H2,21,23,27)(H,22,24,25). The van der Waals surface area contributed by atoms with Gasteiger partial charge in [-0.25, -0.2) is 4.98 Å². The van der Waals surface area contributed by atoms with Crippen molar-refractivity contribution >= 4 is 40.0 Å². The van der Waals surface area contributed by atoms with Gasteiger partial charge < -0.3 is 20.9 Å². The quantitative estimate of drug-likeness (QED) is 0.658. The topological polar surface area (TPSA) is 65.1 Å². The Morgan fingerprint density at radius 1 is 1.11 bits per heavy atom. The third kappa shape index (κ3) is 5.19. The van der Waals surface area contributed by atoms with Gasteiger partial charge in [0, 0.05) is 38.1 Å². The number of thiocarbonyl (C=S) groups is 1. The Hall–Kier alpha value is -2.15. The normalized spacial score (nSPS) is 19.5. The van der Waals surface area contributed by atoms with Gasteiger partial charge in [-0.15, -0.1) is 0 Å². The second-order valence-corrected chi connectivity index (χ2v) is 7.78. The lowest BCUT2D eigenvalue weighted by molar-refractivity contribution is 0.385. The second-order valence-electron chi connectivity index (χ2n) is 7.38. The zero-order valence-electron chi connectivity index (χ0n) is 16.5. The van der Waals surface area contributed by atoms with Crippen molar-refractivity contribution < 1.29 is 0 Å². The van der Waals surface area contributed by atoms with Gasteiger partial charge >= 0.3 is 0 Å². The van der Waals surface area contributed by atoms with Gasteiger partial charge in [0.15, 0.2) is 5.11 Å². The van der Waals surface area contributed by atoms with Crippen LogP contribution in [0.1, 0.15) is 39.0 Å². The van der Waals surface area contributed by atoms with Crippen LogP contribution in [0.2, 0.25) is 0 Å².